The average molecular weight is 305 g/mol. The van der Waals surface area contributed by atoms with Gasteiger partial charge in [0.1, 0.15) is 10.8 Å². The second-order valence-corrected chi connectivity index (χ2v) is 5.60. The second kappa shape index (κ2) is 7.73. The molecule has 2 aromatic rings. The summed E-state index contributed by atoms with van der Waals surface area (Å²) in [6.07, 6.45) is 2.90. The van der Waals surface area contributed by atoms with E-state index >= 15 is 0 Å². The Morgan fingerprint density at radius 1 is 1.33 bits per heavy atom. The summed E-state index contributed by atoms with van der Waals surface area (Å²) < 4.78 is 5.60. The van der Waals surface area contributed by atoms with E-state index < -0.39 is 0 Å². The molecule has 1 aromatic carbocycles. The van der Waals surface area contributed by atoms with Gasteiger partial charge in [0.25, 0.3) is 5.91 Å². The summed E-state index contributed by atoms with van der Waals surface area (Å²) in [7, 11) is 0. The SMILES string of the molecule is CCCCOc1cccc(C(=O)Nc2nnc(CC)s2)c1. The molecule has 0 radical (unpaired) electrons. The van der Waals surface area contributed by atoms with Crippen molar-refractivity contribution in [3.05, 3.63) is 34.8 Å². The van der Waals surface area contributed by atoms with Gasteiger partial charge < -0.3 is 4.74 Å². The van der Waals surface area contributed by atoms with E-state index in [4.69, 9.17) is 4.74 Å². The van der Waals surface area contributed by atoms with E-state index in [9.17, 15) is 4.79 Å². The van der Waals surface area contributed by atoms with Gasteiger partial charge in [-0.05, 0) is 31.0 Å². The highest BCUT2D eigenvalue weighted by molar-refractivity contribution is 7.15. The lowest BCUT2D eigenvalue weighted by molar-refractivity contribution is 0.102. The van der Waals surface area contributed by atoms with Crippen LogP contribution in [0.25, 0.3) is 0 Å². The summed E-state index contributed by atoms with van der Waals surface area (Å²) >= 11 is 1.39. The van der Waals surface area contributed by atoms with E-state index in [1.165, 1.54) is 11.3 Å². The smallest absolute Gasteiger partial charge is 0.257 e. The van der Waals surface area contributed by atoms with Crippen molar-refractivity contribution in [2.75, 3.05) is 11.9 Å². The number of rotatable bonds is 7. The Hall–Kier alpha value is -1.95. The summed E-state index contributed by atoms with van der Waals surface area (Å²) in [4.78, 5) is 12.2. The molecule has 0 aliphatic carbocycles. The third-order valence-corrected chi connectivity index (χ3v) is 3.84. The molecule has 0 saturated heterocycles. The maximum Gasteiger partial charge on any atom is 0.257 e. The first-order chi connectivity index (χ1) is 10.2. The van der Waals surface area contributed by atoms with Crippen LogP contribution in [0, 0.1) is 0 Å². The Bertz CT molecular complexity index is 598. The topological polar surface area (TPSA) is 64.1 Å². The third-order valence-electron chi connectivity index (χ3n) is 2.85. The zero-order valence-electron chi connectivity index (χ0n) is 12.3. The van der Waals surface area contributed by atoms with Crippen molar-refractivity contribution in [2.45, 2.75) is 33.1 Å². The fourth-order valence-corrected chi connectivity index (χ4v) is 2.35. The Balaban J connectivity index is 1.99. The number of carbonyl (C=O) groups excluding carboxylic acids is 1. The van der Waals surface area contributed by atoms with Gasteiger partial charge in [-0.1, -0.05) is 37.7 Å². The third kappa shape index (κ3) is 4.53. The van der Waals surface area contributed by atoms with Crippen LogP contribution in [0.1, 0.15) is 42.1 Å². The number of aryl methyl sites for hydroxylation is 1. The second-order valence-electron chi connectivity index (χ2n) is 4.54. The lowest BCUT2D eigenvalue weighted by atomic mass is 10.2. The summed E-state index contributed by atoms with van der Waals surface area (Å²) in [5, 5.41) is 12.1. The maximum absolute atomic E-state index is 12.2. The van der Waals surface area contributed by atoms with E-state index in [0.717, 1.165) is 24.3 Å². The summed E-state index contributed by atoms with van der Waals surface area (Å²) in [5.41, 5.74) is 0.553. The van der Waals surface area contributed by atoms with Gasteiger partial charge in [-0.15, -0.1) is 10.2 Å². The molecular weight excluding hydrogens is 286 g/mol. The number of anilines is 1. The molecule has 1 N–H and O–H groups in total. The molecule has 0 fully saturated rings. The number of amides is 1. The Labute approximate surface area is 128 Å². The van der Waals surface area contributed by atoms with Gasteiger partial charge in [0.15, 0.2) is 0 Å². The summed E-state index contributed by atoms with van der Waals surface area (Å²) in [5.74, 6) is 0.511. The predicted octanol–water partition coefficient (Wildman–Crippen LogP) is 3.53. The normalized spacial score (nSPS) is 10.4. The van der Waals surface area contributed by atoms with Crippen molar-refractivity contribution >= 4 is 22.4 Å². The molecule has 0 aliphatic rings. The zero-order valence-corrected chi connectivity index (χ0v) is 13.1. The first-order valence-corrected chi connectivity index (χ1v) is 7.91. The minimum Gasteiger partial charge on any atom is -0.494 e. The van der Waals surface area contributed by atoms with Gasteiger partial charge in [-0.25, -0.2) is 0 Å². The van der Waals surface area contributed by atoms with Crippen LogP contribution in [0.4, 0.5) is 5.13 Å². The largest absolute Gasteiger partial charge is 0.494 e. The number of nitrogens with one attached hydrogen (secondary N) is 1. The van der Waals surface area contributed by atoms with Crippen LogP contribution in [0.2, 0.25) is 0 Å². The number of benzene rings is 1. The molecule has 1 amide bonds. The van der Waals surface area contributed by atoms with Gasteiger partial charge in [0.05, 0.1) is 6.61 Å². The fourth-order valence-electron chi connectivity index (χ4n) is 1.68. The number of carbonyl (C=O) groups is 1. The van der Waals surface area contributed by atoms with Crippen molar-refractivity contribution in [2.24, 2.45) is 0 Å². The molecular formula is C15H19N3O2S. The first kappa shape index (κ1) is 15.4. The molecule has 112 valence electrons. The van der Waals surface area contributed by atoms with Crippen LogP contribution < -0.4 is 10.1 Å². The van der Waals surface area contributed by atoms with Crippen molar-refractivity contribution in [1.82, 2.24) is 10.2 Å². The van der Waals surface area contributed by atoms with Gasteiger partial charge in [-0.2, -0.15) is 0 Å². The predicted molar refractivity (Wildman–Crippen MR) is 84.1 cm³/mol. The van der Waals surface area contributed by atoms with Crippen LogP contribution in [0.15, 0.2) is 24.3 Å². The standard InChI is InChI=1S/C15H19N3O2S/c1-3-5-9-20-12-8-6-7-11(10-12)14(19)16-15-18-17-13(4-2)21-15/h6-8,10H,3-5,9H2,1-2H3,(H,16,18,19). The molecule has 0 saturated carbocycles. The summed E-state index contributed by atoms with van der Waals surface area (Å²) in [6, 6.07) is 7.16. The number of nitrogens with zero attached hydrogens (tertiary/aromatic N) is 2. The van der Waals surface area contributed by atoms with Crippen LogP contribution in [-0.2, 0) is 6.42 Å². The fraction of sp³-hybridized carbons (Fsp3) is 0.400. The van der Waals surface area contributed by atoms with E-state index in [0.29, 0.717) is 23.1 Å². The quantitative estimate of drug-likeness (QED) is 0.795. The van der Waals surface area contributed by atoms with E-state index in [2.05, 4.69) is 22.4 Å². The molecule has 0 aliphatic heterocycles. The molecule has 0 atom stereocenters. The van der Waals surface area contributed by atoms with Crippen molar-refractivity contribution < 1.29 is 9.53 Å². The molecule has 21 heavy (non-hydrogen) atoms. The molecule has 1 heterocycles. The Morgan fingerprint density at radius 3 is 2.90 bits per heavy atom. The number of hydrogen-bond acceptors (Lipinski definition) is 5. The minimum absolute atomic E-state index is 0.199. The van der Waals surface area contributed by atoms with E-state index in [1.54, 1.807) is 12.1 Å². The molecule has 0 unspecified atom stereocenters. The minimum atomic E-state index is -0.199. The number of aromatic nitrogens is 2. The van der Waals surface area contributed by atoms with Crippen LogP contribution in [0.5, 0.6) is 5.75 Å². The number of unbranched alkanes of at least 4 members (excludes halogenated alkanes) is 1. The average Bonchev–Trinajstić information content (AvgIpc) is 2.95. The van der Waals surface area contributed by atoms with Crippen LogP contribution in [0.3, 0.4) is 0 Å². The van der Waals surface area contributed by atoms with Gasteiger partial charge >= 0.3 is 0 Å². The van der Waals surface area contributed by atoms with Gasteiger partial charge in [0, 0.05) is 5.56 Å². The van der Waals surface area contributed by atoms with Crippen LogP contribution in [-0.4, -0.2) is 22.7 Å². The molecule has 1 aromatic heterocycles. The molecule has 0 bridgehead atoms. The maximum atomic E-state index is 12.2. The zero-order chi connectivity index (χ0) is 15.1. The highest BCUT2D eigenvalue weighted by Crippen LogP contribution is 2.18. The first-order valence-electron chi connectivity index (χ1n) is 7.09. The summed E-state index contributed by atoms with van der Waals surface area (Å²) in [6.45, 7) is 4.78. The highest BCUT2D eigenvalue weighted by Gasteiger charge is 2.10. The Kier molecular flexibility index (Phi) is 5.68. The molecule has 2 rings (SSSR count). The molecule has 6 heteroatoms. The molecule has 5 nitrogen and oxygen atoms in total. The molecule has 0 spiro atoms. The van der Waals surface area contributed by atoms with Crippen molar-refractivity contribution in [3.63, 3.8) is 0 Å². The van der Waals surface area contributed by atoms with Crippen molar-refractivity contribution in [1.29, 1.82) is 0 Å². The van der Waals surface area contributed by atoms with Crippen LogP contribution >= 0.6 is 11.3 Å². The van der Waals surface area contributed by atoms with Crippen molar-refractivity contribution in [3.8, 4) is 5.75 Å². The van der Waals surface area contributed by atoms with Gasteiger partial charge in [0.2, 0.25) is 5.13 Å². The Morgan fingerprint density at radius 2 is 2.19 bits per heavy atom. The lowest BCUT2D eigenvalue weighted by Crippen LogP contribution is -2.11. The van der Waals surface area contributed by atoms with E-state index in [-0.39, 0.29) is 5.91 Å². The number of ether oxygens (including phenoxy) is 1. The monoisotopic (exact) mass is 305 g/mol. The highest BCUT2D eigenvalue weighted by atomic mass is 32.1. The number of hydrogen-bond donors (Lipinski definition) is 1. The lowest BCUT2D eigenvalue weighted by Gasteiger charge is -2.07. The van der Waals surface area contributed by atoms with E-state index in [1.807, 2.05) is 19.1 Å². The van der Waals surface area contributed by atoms with Gasteiger partial charge in [-0.3, -0.25) is 10.1 Å².